The molecule has 0 spiro atoms. The normalized spacial score (nSPS) is 17.7. The van der Waals surface area contributed by atoms with Crippen molar-refractivity contribution in [2.24, 2.45) is 5.73 Å². The molecule has 2 aliphatic heterocycles. The van der Waals surface area contributed by atoms with Gasteiger partial charge in [-0.1, -0.05) is 30.3 Å². The Morgan fingerprint density at radius 3 is 2.40 bits per heavy atom. The van der Waals surface area contributed by atoms with Crippen LogP contribution in [0.1, 0.15) is 45.2 Å². The summed E-state index contributed by atoms with van der Waals surface area (Å²) in [6.45, 7) is 10.1. The number of fused-ring (bicyclic) bond motifs is 1. The zero-order valence-corrected chi connectivity index (χ0v) is 21.0. The molecule has 0 aliphatic carbocycles. The molecule has 0 radical (unpaired) electrons. The summed E-state index contributed by atoms with van der Waals surface area (Å²) in [7, 11) is 0. The summed E-state index contributed by atoms with van der Waals surface area (Å²) < 4.78 is 4.39. The minimum atomic E-state index is -0.713. The summed E-state index contributed by atoms with van der Waals surface area (Å²) in [6.07, 6.45) is 1.19. The molecular formula is C27H36N4O4. The number of carbonyl (C=O) groups is 3. The van der Waals surface area contributed by atoms with Crippen molar-refractivity contribution in [2.75, 3.05) is 24.5 Å². The largest absolute Gasteiger partial charge is 0.447 e. The third-order valence-corrected chi connectivity index (χ3v) is 6.11. The van der Waals surface area contributed by atoms with E-state index in [-0.39, 0.29) is 24.0 Å². The average molecular weight is 481 g/mol. The van der Waals surface area contributed by atoms with Crippen molar-refractivity contribution in [1.82, 2.24) is 10.2 Å². The van der Waals surface area contributed by atoms with E-state index in [0.29, 0.717) is 6.54 Å². The van der Waals surface area contributed by atoms with Gasteiger partial charge in [-0.05, 0) is 68.0 Å². The van der Waals surface area contributed by atoms with Gasteiger partial charge in [0.05, 0.1) is 12.6 Å². The van der Waals surface area contributed by atoms with E-state index in [2.05, 4.69) is 70.1 Å². The second-order valence-electron chi connectivity index (χ2n) is 9.36. The Morgan fingerprint density at radius 1 is 1.14 bits per heavy atom. The maximum Gasteiger partial charge on any atom is 0.404 e. The third kappa shape index (κ3) is 7.29. The number of hydrogen-bond acceptors (Lipinski definition) is 5. The van der Waals surface area contributed by atoms with Crippen LogP contribution in [0.15, 0.2) is 42.5 Å². The van der Waals surface area contributed by atoms with E-state index in [9.17, 15) is 14.4 Å². The van der Waals surface area contributed by atoms with Gasteiger partial charge in [0, 0.05) is 38.3 Å². The molecule has 2 aliphatic rings. The number of piperazine rings is 1. The number of nitrogens with two attached hydrogens (primary N) is 1. The smallest absolute Gasteiger partial charge is 0.404 e. The molecule has 2 aromatic rings. The number of rotatable bonds is 4. The number of amides is 3. The Kier molecular flexibility index (Phi) is 8.87. The number of benzene rings is 2. The molecule has 0 saturated carbocycles. The van der Waals surface area contributed by atoms with Crippen LogP contribution in [0.5, 0.6) is 0 Å². The van der Waals surface area contributed by atoms with Gasteiger partial charge in [-0.2, -0.15) is 0 Å². The van der Waals surface area contributed by atoms with E-state index in [4.69, 9.17) is 0 Å². The highest BCUT2D eigenvalue weighted by molar-refractivity contribution is 5.94. The molecule has 1 atom stereocenters. The molecule has 8 nitrogen and oxygen atoms in total. The number of carbonyl (C=O) groups excluding carboxylic acids is 3. The molecule has 2 aromatic carbocycles. The van der Waals surface area contributed by atoms with Crippen LogP contribution in [0.4, 0.5) is 10.5 Å². The highest BCUT2D eigenvalue weighted by Crippen LogP contribution is 2.34. The Morgan fingerprint density at radius 2 is 1.83 bits per heavy atom. The Labute approximate surface area is 207 Å². The van der Waals surface area contributed by atoms with Crippen molar-refractivity contribution in [2.45, 2.75) is 59.2 Å². The molecule has 1 fully saturated rings. The summed E-state index contributed by atoms with van der Waals surface area (Å²) in [6, 6.07) is 15.3. The van der Waals surface area contributed by atoms with Crippen molar-refractivity contribution in [3.8, 4) is 11.1 Å². The van der Waals surface area contributed by atoms with Crippen LogP contribution in [-0.4, -0.2) is 54.6 Å². The lowest BCUT2D eigenvalue weighted by Crippen LogP contribution is -2.47. The van der Waals surface area contributed by atoms with Gasteiger partial charge in [0.25, 0.3) is 0 Å². The van der Waals surface area contributed by atoms with Crippen LogP contribution in [0, 0.1) is 0 Å². The molecule has 3 N–H and O–H groups in total. The van der Waals surface area contributed by atoms with Crippen LogP contribution in [-0.2, 0) is 27.3 Å². The van der Waals surface area contributed by atoms with Crippen LogP contribution in [0.3, 0.4) is 0 Å². The maximum atomic E-state index is 12.0. The summed E-state index contributed by atoms with van der Waals surface area (Å²) in [4.78, 5) is 37.5. The van der Waals surface area contributed by atoms with Crippen molar-refractivity contribution in [3.63, 3.8) is 0 Å². The van der Waals surface area contributed by atoms with E-state index in [1.165, 1.54) is 22.3 Å². The zero-order valence-electron chi connectivity index (χ0n) is 21.0. The number of anilines is 1. The Balaban J connectivity index is 0.000000429. The molecule has 4 rings (SSSR count). The fourth-order valence-electron chi connectivity index (χ4n) is 4.53. The lowest BCUT2D eigenvalue weighted by atomic mass is 9.93. The number of hydrogen-bond donors (Lipinski definition) is 2. The fraction of sp³-hybridized carbons (Fsp3) is 0.444. The molecule has 1 saturated heterocycles. The first-order valence-electron chi connectivity index (χ1n) is 12.1. The summed E-state index contributed by atoms with van der Waals surface area (Å²) in [5.74, 6) is 0.211. The lowest BCUT2D eigenvalue weighted by Gasteiger charge is -2.34. The van der Waals surface area contributed by atoms with Crippen LogP contribution < -0.4 is 16.0 Å². The summed E-state index contributed by atoms with van der Waals surface area (Å²) in [5, 5.41) is 2.86. The average Bonchev–Trinajstić information content (AvgIpc) is 2.78. The highest BCUT2D eigenvalue weighted by Gasteiger charge is 2.26. The van der Waals surface area contributed by atoms with E-state index in [1.807, 2.05) is 4.90 Å². The summed E-state index contributed by atoms with van der Waals surface area (Å²) in [5.41, 5.74) is 10.5. The van der Waals surface area contributed by atoms with Gasteiger partial charge in [-0.25, -0.2) is 4.79 Å². The minimum absolute atomic E-state index is 0.0995. The standard InChI is InChI=1S/C23H27N3O2.C4H9NO2/c1-16-3-6-21-13-20(9-10-22(21)26(16)17(2)27)19-7-4-18(5-8-19)14-25-12-11-24-23(28)15-25;1-3(2)7-4(5)6/h4-5,7-10,13,16H,3,6,11-12,14-15H2,1-2H3,(H,24,28);3H,1-2H3,(H2,5,6)/t16-;/m0./s1. The van der Waals surface area contributed by atoms with E-state index in [0.717, 1.165) is 38.2 Å². The number of nitrogens with zero attached hydrogens (tertiary/aromatic N) is 2. The van der Waals surface area contributed by atoms with E-state index in [1.54, 1.807) is 20.8 Å². The first-order chi connectivity index (χ1) is 16.6. The van der Waals surface area contributed by atoms with Crippen LogP contribution >= 0.6 is 0 Å². The van der Waals surface area contributed by atoms with Gasteiger partial charge in [0.15, 0.2) is 0 Å². The Bertz CT molecular complexity index is 1050. The SMILES string of the molecule is CC(=O)N1c2ccc(-c3ccc(CN4CCNC(=O)C4)cc3)cc2CC[C@@H]1C.CC(C)OC(N)=O. The quantitative estimate of drug-likeness (QED) is 0.697. The maximum absolute atomic E-state index is 12.0. The Hall–Kier alpha value is -3.39. The van der Waals surface area contributed by atoms with Gasteiger partial charge in [-0.15, -0.1) is 0 Å². The number of ether oxygens (including phenoxy) is 1. The van der Waals surface area contributed by atoms with E-state index < -0.39 is 6.09 Å². The van der Waals surface area contributed by atoms with Crippen molar-refractivity contribution < 1.29 is 19.1 Å². The van der Waals surface area contributed by atoms with Gasteiger partial charge in [-0.3, -0.25) is 14.5 Å². The molecule has 0 aromatic heterocycles. The molecular weight excluding hydrogens is 444 g/mol. The van der Waals surface area contributed by atoms with Crippen LogP contribution in [0.2, 0.25) is 0 Å². The van der Waals surface area contributed by atoms with Crippen molar-refractivity contribution in [3.05, 3.63) is 53.6 Å². The predicted molar refractivity (Wildman–Crippen MR) is 137 cm³/mol. The number of nitrogens with one attached hydrogen (secondary N) is 1. The topological polar surface area (TPSA) is 105 Å². The minimum Gasteiger partial charge on any atom is -0.447 e. The second kappa shape index (κ2) is 11.8. The van der Waals surface area contributed by atoms with Gasteiger partial charge in [0.1, 0.15) is 0 Å². The predicted octanol–water partition coefficient (Wildman–Crippen LogP) is 3.46. The summed E-state index contributed by atoms with van der Waals surface area (Å²) >= 11 is 0. The van der Waals surface area contributed by atoms with Gasteiger partial charge in [0.2, 0.25) is 11.8 Å². The van der Waals surface area contributed by atoms with Gasteiger partial charge >= 0.3 is 6.09 Å². The van der Waals surface area contributed by atoms with Crippen molar-refractivity contribution >= 4 is 23.6 Å². The van der Waals surface area contributed by atoms with Gasteiger partial charge < -0.3 is 20.7 Å². The third-order valence-electron chi connectivity index (χ3n) is 6.11. The molecule has 0 bridgehead atoms. The van der Waals surface area contributed by atoms with E-state index >= 15 is 0 Å². The first-order valence-corrected chi connectivity index (χ1v) is 12.1. The molecule has 0 unspecified atom stereocenters. The fourth-order valence-corrected chi connectivity index (χ4v) is 4.53. The molecule has 3 amide bonds. The van der Waals surface area contributed by atoms with Crippen LogP contribution in [0.25, 0.3) is 11.1 Å². The molecule has 2 heterocycles. The first kappa shape index (κ1) is 26.2. The number of primary amides is 1. The molecule has 35 heavy (non-hydrogen) atoms. The highest BCUT2D eigenvalue weighted by atomic mass is 16.6. The second-order valence-corrected chi connectivity index (χ2v) is 9.36. The number of aryl methyl sites for hydroxylation is 1. The monoisotopic (exact) mass is 480 g/mol. The van der Waals surface area contributed by atoms with Crippen molar-refractivity contribution in [1.29, 1.82) is 0 Å². The zero-order chi connectivity index (χ0) is 25.5. The molecule has 188 valence electrons. The lowest BCUT2D eigenvalue weighted by molar-refractivity contribution is -0.124. The molecule has 8 heteroatoms.